The van der Waals surface area contributed by atoms with Crippen LogP contribution in [0.15, 0.2) is 53.1 Å². The van der Waals surface area contributed by atoms with Crippen LogP contribution in [-0.4, -0.2) is 11.1 Å². The SMILES string of the molecule is CCc1ccccc1NC(=O)Cc1ccc(OCc2c(C)noc2C)cc1. The van der Waals surface area contributed by atoms with Crippen molar-refractivity contribution in [3.63, 3.8) is 0 Å². The molecule has 1 heterocycles. The van der Waals surface area contributed by atoms with Crippen LogP contribution < -0.4 is 10.1 Å². The number of anilines is 1. The molecule has 0 unspecified atom stereocenters. The Morgan fingerprint density at radius 1 is 1.11 bits per heavy atom. The van der Waals surface area contributed by atoms with Crippen LogP contribution in [0.2, 0.25) is 0 Å². The second kappa shape index (κ2) is 8.54. The number of carbonyl (C=O) groups is 1. The fourth-order valence-electron chi connectivity index (χ4n) is 2.90. The third-order valence-electron chi connectivity index (χ3n) is 4.52. The number of hydrogen-bond acceptors (Lipinski definition) is 4. The summed E-state index contributed by atoms with van der Waals surface area (Å²) >= 11 is 0. The Kier molecular flexibility index (Phi) is 5.91. The van der Waals surface area contributed by atoms with Crippen molar-refractivity contribution in [1.82, 2.24) is 5.16 Å². The highest BCUT2D eigenvalue weighted by Crippen LogP contribution is 2.19. The molecule has 0 saturated heterocycles. The second-order valence-corrected chi connectivity index (χ2v) is 6.47. The number of nitrogens with zero attached hydrogens (tertiary/aromatic N) is 1. The lowest BCUT2D eigenvalue weighted by Crippen LogP contribution is -2.15. The maximum Gasteiger partial charge on any atom is 0.228 e. The fourth-order valence-corrected chi connectivity index (χ4v) is 2.90. The number of nitrogens with one attached hydrogen (secondary N) is 1. The molecule has 0 spiro atoms. The highest BCUT2D eigenvalue weighted by Gasteiger charge is 2.10. The molecule has 27 heavy (non-hydrogen) atoms. The van der Waals surface area contributed by atoms with E-state index in [1.54, 1.807) is 0 Å². The van der Waals surface area contributed by atoms with E-state index in [2.05, 4.69) is 17.4 Å². The summed E-state index contributed by atoms with van der Waals surface area (Å²) in [6, 6.07) is 15.4. The normalized spacial score (nSPS) is 10.6. The number of para-hydroxylation sites is 1. The Balaban J connectivity index is 1.56. The molecular formula is C22H24N2O3. The minimum absolute atomic E-state index is 0.0275. The van der Waals surface area contributed by atoms with Gasteiger partial charge in [-0.15, -0.1) is 0 Å². The van der Waals surface area contributed by atoms with Crippen molar-refractivity contribution >= 4 is 11.6 Å². The van der Waals surface area contributed by atoms with E-state index >= 15 is 0 Å². The number of ether oxygens (including phenoxy) is 1. The number of aryl methyl sites for hydroxylation is 3. The Morgan fingerprint density at radius 3 is 2.52 bits per heavy atom. The zero-order valence-corrected chi connectivity index (χ0v) is 15.9. The third-order valence-corrected chi connectivity index (χ3v) is 4.52. The van der Waals surface area contributed by atoms with Gasteiger partial charge < -0.3 is 14.6 Å². The number of rotatable bonds is 7. The van der Waals surface area contributed by atoms with E-state index in [0.29, 0.717) is 13.0 Å². The van der Waals surface area contributed by atoms with Crippen LogP contribution in [-0.2, 0) is 24.2 Å². The van der Waals surface area contributed by atoms with Crippen molar-refractivity contribution in [3.05, 3.63) is 76.7 Å². The molecule has 0 bridgehead atoms. The molecule has 3 aromatic rings. The maximum atomic E-state index is 12.3. The van der Waals surface area contributed by atoms with Crippen molar-refractivity contribution in [2.45, 2.75) is 40.2 Å². The van der Waals surface area contributed by atoms with Gasteiger partial charge in [-0.1, -0.05) is 42.4 Å². The van der Waals surface area contributed by atoms with Gasteiger partial charge >= 0.3 is 0 Å². The Labute approximate surface area is 159 Å². The van der Waals surface area contributed by atoms with E-state index in [4.69, 9.17) is 9.26 Å². The Hall–Kier alpha value is -3.08. The van der Waals surface area contributed by atoms with Gasteiger partial charge in [-0.25, -0.2) is 0 Å². The molecule has 0 aliphatic heterocycles. The Bertz CT molecular complexity index is 894. The average Bonchev–Trinajstić information content (AvgIpc) is 2.99. The molecule has 5 nitrogen and oxygen atoms in total. The number of hydrogen-bond donors (Lipinski definition) is 1. The van der Waals surface area contributed by atoms with Crippen molar-refractivity contribution in [3.8, 4) is 5.75 Å². The van der Waals surface area contributed by atoms with E-state index < -0.39 is 0 Å². The van der Waals surface area contributed by atoms with E-state index in [0.717, 1.165) is 46.0 Å². The van der Waals surface area contributed by atoms with Crippen LogP contribution in [0.4, 0.5) is 5.69 Å². The van der Waals surface area contributed by atoms with Crippen LogP contribution in [0, 0.1) is 13.8 Å². The smallest absolute Gasteiger partial charge is 0.228 e. The van der Waals surface area contributed by atoms with Crippen LogP contribution in [0.3, 0.4) is 0 Å². The largest absolute Gasteiger partial charge is 0.489 e. The van der Waals surface area contributed by atoms with Gasteiger partial charge in [0.15, 0.2) is 0 Å². The highest BCUT2D eigenvalue weighted by molar-refractivity contribution is 5.93. The molecule has 0 aliphatic carbocycles. The second-order valence-electron chi connectivity index (χ2n) is 6.47. The highest BCUT2D eigenvalue weighted by atomic mass is 16.5. The van der Waals surface area contributed by atoms with Gasteiger partial charge in [0.05, 0.1) is 17.7 Å². The minimum Gasteiger partial charge on any atom is -0.489 e. The molecule has 1 N–H and O–H groups in total. The zero-order valence-electron chi connectivity index (χ0n) is 15.9. The molecule has 1 aromatic heterocycles. The van der Waals surface area contributed by atoms with Gasteiger partial charge in [-0.3, -0.25) is 4.79 Å². The average molecular weight is 364 g/mol. The first-order valence-corrected chi connectivity index (χ1v) is 9.08. The summed E-state index contributed by atoms with van der Waals surface area (Å²) in [4.78, 5) is 12.3. The Morgan fingerprint density at radius 2 is 1.85 bits per heavy atom. The van der Waals surface area contributed by atoms with Crippen LogP contribution in [0.1, 0.15) is 35.1 Å². The van der Waals surface area contributed by atoms with Crippen molar-refractivity contribution in [2.75, 3.05) is 5.32 Å². The van der Waals surface area contributed by atoms with Crippen LogP contribution in [0.5, 0.6) is 5.75 Å². The maximum absolute atomic E-state index is 12.3. The van der Waals surface area contributed by atoms with Crippen LogP contribution >= 0.6 is 0 Å². The minimum atomic E-state index is -0.0275. The lowest BCUT2D eigenvalue weighted by Gasteiger charge is -2.10. The molecule has 5 heteroatoms. The monoisotopic (exact) mass is 364 g/mol. The fraction of sp³-hybridized carbons (Fsp3) is 0.273. The van der Waals surface area contributed by atoms with Gasteiger partial charge in [-0.2, -0.15) is 0 Å². The van der Waals surface area contributed by atoms with Gasteiger partial charge in [0.25, 0.3) is 0 Å². The first kappa shape index (κ1) is 18.7. The van der Waals surface area contributed by atoms with Crippen molar-refractivity contribution < 1.29 is 14.1 Å². The molecular weight excluding hydrogens is 340 g/mol. The summed E-state index contributed by atoms with van der Waals surface area (Å²) in [6.45, 7) is 6.26. The number of carbonyl (C=O) groups excluding carboxylic acids is 1. The molecule has 2 aromatic carbocycles. The van der Waals surface area contributed by atoms with E-state index in [9.17, 15) is 4.79 Å². The van der Waals surface area contributed by atoms with Crippen molar-refractivity contribution in [1.29, 1.82) is 0 Å². The van der Waals surface area contributed by atoms with Gasteiger partial charge in [0.1, 0.15) is 18.1 Å². The molecule has 0 radical (unpaired) electrons. The van der Waals surface area contributed by atoms with E-state index in [1.165, 1.54) is 0 Å². The quantitative estimate of drug-likeness (QED) is 0.665. The first-order valence-electron chi connectivity index (χ1n) is 9.08. The summed E-state index contributed by atoms with van der Waals surface area (Å²) in [7, 11) is 0. The molecule has 0 fully saturated rings. The topological polar surface area (TPSA) is 64.4 Å². The van der Waals surface area contributed by atoms with Gasteiger partial charge in [0.2, 0.25) is 5.91 Å². The molecule has 0 aliphatic rings. The van der Waals surface area contributed by atoms with Crippen molar-refractivity contribution in [2.24, 2.45) is 0 Å². The first-order chi connectivity index (χ1) is 13.1. The predicted molar refractivity (Wildman–Crippen MR) is 105 cm³/mol. The molecule has 0 saturated carbocycles. The third kappa shape index (κ3) is 4.76. The molecule has 1 amide bonds. The molecule has 140 valence electrons. The predicted octanol–water partition coefficient (Wildman–Crippen LogP) is 4.61. The standard InChI is InChI=1S/C22H24N2O3/c1-4-18-7-5-6-8-21(18)23-22(25)13-17-9-11-19(12-10-17)26-14-20-15(2)24-27-16(20)3/h5-12H,4,13-14H2,1-3H3,(H,23,25). The van der Waals surface area contributed by atoms with Crippen LogP contribution in [0.25, 0.3) is 0 Å². The summed E-state index contributed by atoms with van der Waals surface area (Å²) in [5, 5.41) is 6.92. The van der Waals surface area contributed by atoms with E-state index in [1.807, 2.05) is 62.4 Å². The lowest BCUT2D eigenvalue weighted by molar-refractivity contribution is -0.115. The summed E-state index contributed by atoms with van der Waals surface area (Å²) in [5.74, 6) is 1.49. The number of benzene rings is 2. The summed E-state index contributed by atoms with van der Waals surface area (Å²) in [5.41, 5.74) is 4.76. The lowest BCUT2D eigenvalue weighted by atomic mass is 10.1. The van der Waals surface area contributed by atoms with Gasteiger partial charge in [0, 0.05) is 5.69 Å². The molecule has 3 rings (SSSR count). The summed E-state index contributed by atoms with van der Waals surface area (Å²) in [6.07, 6.45) is 1.20. The molecule has 0 atom stereocenters. The van der Waals surface area contributed by atoms with E-state index in [-0.39, 0.29) is 5.91 Å². The number of amides is 1. The van der Waals surface area contributed by atoms with Gasteiger partial charge in [-0.05, 0) is 49.6 Å². The number of aromatic nitrogens is 1. The summed E-state index contributed by atoms with van der Waals surface area (Å²) < 4.78 is 10.9. The zero-order chi connectivity index (χ0) is 19.2.